The van der Waals surface area contributed by atoms with Crippen LogP contribution in [0.15, 0.2) is 47.7 Å². The monoisotopic (exact) mass is 438 g/mol. The number of anilines is 3. The Morgan fingerprint density at radius 1 is 1.19 bits per heavy atom. The number of ketones is 1. The summed E-state index contributed by atoms with van der Waals surface area (Å²) in [4.78, 5) is 22.2. The smallest absolute Gasteiger partial charge is 0.166 e. The van der Waals surface area contributed by atoms with E-state index in [9.17, 15) is 4.79 Å². The third-order valence-electron chi connectivity index (χ3n) is 5.83. The van der Waals surface area contributed by atoms with Crippen LogP contribution in [0.4, 0.5) is 17.2 Å². The number of hydrogen-bond donors (Lipinski definition) is 4. The number of aromatic nitrogens is 1. The van der Waals surface area contributed by atoms with Crippen LogP contribution in [-0.2, 0) is 0 Å². The van der Waals surface area contributed by atoms with Gasteiger partial charge >= 0.3 is 0 Å². The Morgan fingerprint density at radius 2 is 1.84 bits per heavy atom. The lowest BCUT2D eigenvalue weighted by Gasteiger charge is -2.34. The van der Waals surface area contributed by atoms with Crippen molar-refractivity contribution in [2.24, 2.45) is 10.8 Å². The van der Waals surface area contributed by atoms with E-state index in [1.165, 1.54) is 7.05 Å². The van der Waals surface area contributed by atoms with Crippen molar-refractivity contribution in [1.82, 2.24) is 15.3 Å². The molecule has 1 aromatic heterocycles. The summed E-state index contributed by atoms with van der Waals surface area (Å²) in [7, 11) is 1.50. The lowest BCUT2D eigenvalue weighted by molar-refractivity contribution is 0.0966. The Balaban J connectivity index is 0.00000141. The molecule has 0 radical (unpaired) electrons. The maximum Gasteiger partial charge on any atom is 0.166 e. The van der Waals surface area contributed by atoms with Crippen LogP contribution in [0.25, 0.3) is 0 Å². The molecule has 5 N–H and O–H groups in total. The minimum absolute atomic E-state index is 0.0190. The predicted octanol–water partition coefficient (Wildman–Crippen LogP) is 1.81. The van der Waals surface area contributed by atoms with Gasteiger partial charge < -0.3 is 31.6 Å². The molecule has 1 atom stereocenters. The number of hydrogen-bond acceptors (Lipinski definition) is 9. The van der Waals surface area contributed by atoms with Gasteiger partial charge in [-0.05, 0) is 37.9 Å². The van der Waals surface area contributed by atoms with Crippen molar-refractivity contribution < 1.29 is 4.79 Å². The summed E-state index contributed by atoms with van der Waals surface area (Å²) in [5.41, 5.74) is 10.1. The summed E-state index contributed by atoms with van der Waals surface area (Å²) in [5, 5.41) is 10.6. The lowest BCUT2D eigenvalue weighted by Crippen LogP contribution is -2.46. The molecule has 1 aromatic carbocycles. The zero-order valence-corrected chi connectivity index (χ0v) is 18.9. The molecule has 2 aromatic rings. The van der Waals surface area contributed by atoms with Gasteiger partial charge in [0.05, 0.1) is 17.4 Å². The van der Waals surface area contributed by atoms with Crippen molar-refractivity contribution >= 4 is 29.7 Å². The number of Topliss-reactive ketones (excluding diaryl/α,β-unsaturated/α-hetero) is 1. The maximum atomic E-state index is 12.9. The largest absolute Gasteiger partial charge is 0.362 e. The topological polar surface area (TPSA) is 111 Å². The fourth-order valence-electron chi connectivity index (χ4n) is 4.01. The van der Waals surface area contributed by atoms with Crippen molar-refractivity contribution in [3.05, 3.63) is 48.2 Å². The van der Waals surface area contributed by atoms with Crippen LogP contribution < -0.4 is 26.7 Å². The molecule has 0 aliphatic carbocycles. The number of nitrogens with one attached hydrogen (secondary N) is 3. The van der Waals surface area contributed by atoms with E-state index in [2.05, 4.69) is 55.3 Å². The predicted molar refractivity (Wildman–Crippen MR) is 132 cm³/mol. The molecule has 1 saturated heterocycles. The van der Waals surface area contributed by atoms with Gasteiger partial charge in [-0.2, -0.15) is 5.10 Å². The van der Waals surface area contributed by atoms with E-state index in [0.717, 1.165) is 49.9 Å². The standard InChI is InChI=1S/C22H29N7O.CH5N/c1-3-28-10-12-29(13-11-28)21-9-8-16(15-24-21)20(30)14-19(27-23-2)22-25-17-6-4-5-7-18(17)26-22;1-2/h4-9,15,19,22,25-27H,2-3,10-14H2,1H3;2H2,1H3. The Bertz CT molecular complexity index is 855. The first-order valence-electron chi connectivity index (χ1n) is 11.1. The number of nitrogens with two attached hydrogens (primary N) is 1. The van der Waals surface area contributed by atoms with E-state index in [4.69, 9.17) is 0 Å². The fourth-order valence-corrected chi connectivity index (χ4v) is 4.01. The van der Waals surface area contributed by atoms with Crippen molar-refractivity contribution in [1.29, 1.82) is 0 Å². The first-order chi connectivity index (χ1) is 15.7. The molecule has 1 unspecified atom stereocenters. The third kappa shape index (κ3) is 5.54. The van der Waals surface area contributed by atoms with Crippen LogP contribution in [0.3, 0.4) is 0 Å². The number of pyridine rings is 1. The zero-order chi connectivity index (χ0) is 22.9. The highest BCUT2D eigenvalue weighted by Crippen LogP contribution is 2.30. The van der Waals surface area contributed by atoms with E-state index in [0.29, 0.717) is 5.56 Å². The lowest BCUT2D eigenvalue weighted by atomic mass is 10.0. The summed E-state index contributed by atoms with van der Waals surface area (Å²) in [6.45, 7) is 10.8. The second-order valence-corrected chi connectivity index (χ2v) is 7.66. The molecular formula is C23H34N8O. The normalized spacial score (nSPS) is 16.7. The number of fused-ring (bicyclic) bond motifs is 1. The highest BCUT2D eigenvalue weighted by molar-refractivity contribution is 5.96. The molecule has 172 valence electrons. The van der Waals surface area contributed by atoms with Gasteiger partial charge in [0.15, 0.2) is 5.78 Å². The van der Waals surface area contributed by atoms with E-state index < -0.39 is 0 Å². The van der Waals surface area contributed by atoms with Gasteiger partial charge in [-0.25, -0.2) is 4.98 Å². The minimum Gasteiger partial charge on any atom is -0.362 e. The second kappa shape index (κ2) is 11.4. The number of piperazine rings is 1. The van der Waals surface area contributed by atoms with Gasteiger partial charge in [0.1, 0.15) is 12.0 Å². The summed E-state index contributed by atoms with van der Waals surface area (Å²) in [6.07, 6.45) is 1.80. The van der Waals surface area contributed by atoms with E-state index >= 15 is 0 Å². The van der Waals surface area contributed by atoms with Crippen LogP contribution >= 0.6 is 0 Å². The molecule has 9 nitrogen and oxygen atoms in total. The second-order valence-electron chi connectivity index (χ2n) is 7.66. The quantitative estimate of drug-likeness (QED) is 0.281. The third-order valence-corrected chi connectivity index (χ3v) is 5.83. The van der Waals surface area contributed by atoms with Crippen LogP contribution in [0.1, 0.15) is 23.7 Å². The summed E-state index contributed by atoms with van der Waals surface area (Å²) >= 11 is 0. The van der Waals surface area contributed by atoms with Crippen molar-refractivity contribution in [2.45, 2.75) is 25.6 Å². The van der Waals surface area contributed by atoms with Crippen molar-refractivity contribution in [3.8, 4) is 0 Å². The molecule has 0 saturated carbocycles. The molecule has 0 spiro atoms. The number of hydrazone groups is 1. The van der Waals surface area contributed by atoms with Crippen molar-refractivity contribution in [2.75, 3.05) is 55.3 Å². The van der Waals surface area contributed by atoms with Gasteiger partial charge in [-0.15, -0.1) is 0 Å². The molecule has 2 aliphatic rings. The Morgan fingerprint density at radius 3 is 2.38 bits per heavy atom. The number of para-hydroxylation sites is 2. The maximum absolute atomic E-state index is 12.9. The number of likely N-dealkylation sites (N-methyl/N-ethyl adjacent to an activating group) is 1. The van der Waals surface area contributed by atoms with Gasteiger partial charge in [0.25, 0.3) is 0 Å². The van der Waals surface area contributed by atoms with Gasteiger partial charge in [0.2, 0.25) is 0 Å². The van der Waals surface area contributed by atoms with Gasteiger partial charge in [-0.3, -0.25) is 4.79 Å². The summed E-state index contributed by atoms with van der Waals surface area (Å²) in [5.74, 6) is 0.949. The molecule has 3 heterocycles. The van der Waals surface area contributed by atoms with Crippen LogP contribution in [0.2, 0.25) is 0 Å². The molecular weight excluding hydrogens is 404 g/mol. The molecule has 1 fully saturated rings. The van der Waals surface area contributed by atoms with E-state index in [-0.39, 0.29) is 24.4 Å². The highest BCUT2D eigenvalue weighted by Gasteiger charge is 2.29. The molecule has 2 aliphatic heterocycles. The molecule has 0 amide bonds. The molecule has 9 heteroatoms. The Hall–Kier alpha value is -3.17. The average Bonchev–Trinajstić information content (AvgIpc) is 3.29. The average molecular weight is 439 g/mol. The number of benzene rings is 1. The summed E-state index contributed by atoms with van der Waals surface area (Å²) < 4.78 is 0. The molecule has 4 rings (SSSR count). The fraction of sp³-hybridized carbons (Fsp3) is 0.435. The number of nitrogens with zero attached hydrogens (tertiary/aromatic N) is 4. The SMILES string of the molecule is C=NNC(CC(=O)c1ccc(N2CCN(CC)CC2)nc1)C1Nc2ccccc2N1.CN. The zero-order valence-electron chi connectivity index (χ0n) is 18.9. The first kappa shape index (κ1) is 23.5. The summed E-state index contributed by atoms with van der Waals surface area (Å²) in [6, 6.07) is 11.5. The Kier molecular flexibility index (Phi) is 8.41. The van der Waals surface area contributed by atoms with Crippen LogP contribution in [0.5, 0.6) is 0 Å². The minimum atomic E-state index is -0.246. The first-order valence-corrected chi connectivity index (χ1v) is 11.1. The number of carbonyl (C=O) groups is 1. The number of carbonyl (C=O) groups excluding carboxylic acids is 1. The molecule has 32 heavy (non-hydrogen) atoms. The van der Waals surface area contributed by atoms with E-state index in [1.54, 1.807) is 6.20 Å². The number of rotatable bonds is 8. The van der Waals surface area contributed by atoms with Crippen LogP contribution in [-0.4, -0.2) is 74.4 Å². The van der Waals surface area contributed by atoms with E-state index in [1.807, 2.05) is 36.4 Å². The highest BCUT2D eigenvalue weighted by atomic mass is 16.1. The molecule has 0 bridgehead atoms. The van der Waals surface area contributed by atoms with Crippen LogP contribution in [0, 0.1) is 0 Å². The van der Waals surface area contributed by atoms with Gasteiger partial charge in [-0.1, -0.05) is 19.1 Å². The van der Waals surface area contributed by atoms with Gasteiger partial charge in [0, 0.05) is 51.1 Å². The Labute approximate surface area is 190 Å². The van der Waals surface area contributed by atoms with Crippen molar-refractivity contribution in [3.63, 3.8) is 0 Å².